The first-order chi connectivity index (χ1) is 11.7. The molecule has 0 aliphatic carbocycles. The van der Waals surface area contributed by atoms with Crippen molar-refractivity contribution < 1.29 is 22.7 Å². The van der Waals surface area contributed by atoms with Crippen molar-refractivity contribution in [2.45, 2.75) is 32.1 Å². The summed E-state index contributed by atoms with van der Waals surface area (Å²) in [5, 5.41) is 0. The summed E-state index contributed by atoms with van der Waals surface area (Å²) in [4.78, 5) is 13.3. The van der Waals surface area contributed by atoms with Crippen LogP contribution in [0.15, 0.2) is 23.1 Å². The van der Waals surface area contributed by atoms with E-state index in [2.05, 4.69) is 18.6 Å². The Balaban J connectivity index is 2.79. The van der Waals surface area contributed by atoms with Gasteiger partial charge in [0.2, 0.25) is 15.9 Å². The van der Waals surface area contributed by atoms with Crippen LogP contribution in [0.2, 0.25) is 0 Å². The van der Waals surface area contributed by atoms with E-state index in [0.717, 1.165) is 6.42 Å². The fourth-order valence-electron chi connectivity index (χ4n) is 2.23. The summed E-state index contributed by atoms with van der Waals surface area (Å²) in [7, 11) is -0.911. The fourth-order valence-corrected chi connectivity index (χ4v) is 3.43. The van der Waals surface area contributed by atoms with E-state index < -0.39 is 10.0 Å². The lowest BCUT2D eigenvalue weighted by atomic mass is 10.1. The number of amides is 1. The van der Waals surface area contributed by atoms with E-state index in [1.165, 1.54) is 33.3 Å². The molecule has 8 heteroatoms. The molecular formula is C17H28N2O5S. The number of nitrogens with zero attached hydrogens (tertiary/aromatic N) is 1. The second-order valence-electron chi connectivity index (χ2n) is 6.10. The van der Waals surface area contributed by atoms with Crippen molar-refractivity contribution >= 4 is 15.9 Å². The van der Waals surface area contributed by atoms with E-state index in [-0.39, 0.29) is 23.1 Å². The van der Waals surface area contributed by atoms with Gasteiger partial charge in [0.25, 0.3) is 0 Å². The average Bonchev–Trinajstić information content (AvgIpc) is 2.56. The molecule has 1 aromatic rings. The number of benzene rings is 1. The van der Waals surface area contributed by atoms with E-state index in [4.69, 9.17) is 9.47 Å². The minimum Gasteiger partial charge on any atom is -0.497 e. The number of carbonyl (C=O) groups excluding carboxylic acids is 1. The van der Waals surface area contributed by atoms with Gasteiger partial charge >= 0.3 is 0 Å². The van der Waals surface area contributed by atoms with Crippen LogP contribution >= 0.6 is 0 Å². The third kappa shape index (κ3) is 6.55. The summed E-state index contributed by atoms with van der Waals surface area (Å²) in [6.07, 6.45) is 0.871. The molecule has 0 bridgehead atoms. The van der Waals surface area contributed by atoms with Crippen LogP contribution in [0.4, 0.5) is 0 Å². The minimum atomic E-state index is -3.78. The highest BCUT2D eigenvalue weighted by Crippen LogP contribution is 2.27. The van der Waals surface area contributed by atoms with Crippen molar-refractivity contribution in [3.63, 3.8) is 0 Å². The van der Waals surface area contributed by atoms with E-state index in [1.54, 1.807) is 11.0 Å². The molecule has 0 atom stereocenters. The fraction of sp³-hybridized carbons (Fsp3) is 0.588. The van der Waals surface area contributed by atoms with Crippen molar-refractivity contribution in [1.82, 2.24) is 9.62 Å². The Kier molecular flexibility index (Phi) is 8.18. The maximum Gasteiger partial charge on any atom is 0.244 e. The predicted octanol–water partition coefficient (Wildman–Crippen LogP) is 1.88. The predicted molar refractivity (Wildman–Crippen MR) is 96.4 cm³/mol. The minimum absolute atomic E-state index is 0.00547. The van der Waals surface area contributed by atoms with Crippen molar-refractivity contribution in [3.05, 3.63) is 18.2 Å². The van der Waals surface area contributed by atoms with Gasteiger partial charge in [0.05, 0.1) is 14.2 Å². The molecule has 1 N–H and O–H groups in total. The Morgan fingerprint density at radius 1 is 1.20 bits per heavy atom. The summed E-state index contributed by atoms with van der Waals surface area (Å²) in [6, 6.07) is 4.57. The lowest BCUT2D eigenvalue weighted by Crippen LogP contribution is -2.38. The van der Waals surface area contributed by atoms with E-state index in [9.17, 15) is 13.2 Å². The molecule has 0 unspecified atom stereocenters. The molecular weight excluding hydrogens is 344 g/mol. The van der Waals surface area contributed by atoms with E-state index in [1.807, 2.05) is 0 Å². The Morgan fingerprint density at radius 2 is 1.88 bits per heavy atom. The van der Waals surface area contributed by atoms with Gasteiger partial charge in [-0.1, -0.05) is 13.8 Å². The number of carbonyl (C=O) groups is 1. The maximum absolute atomic E-state index is 12.5. The summed E-state index contributed by atoms with van der Waals surface area (Å²) in [6.45, 7) is 6.69. The van der Waals surface area contributed by atoms with Gasteiger partial charge in [0, 0.05) is 32.6 Å². The Labute approximate surface area is 150 Å². The monoisotopic (exact) mass is 372 g/mol. The van der Waals surface area contributed by atoms with Gasteiger partial charge in [0.15, 0.2) is 0 Å². The molecule has 0 fully saturated rings. The van der Waals surface area contributed by atoms with Crippen LogP contribution in [0.5, 0.6) is 11.5 Å². The summed E-state index contributed by atoms with van der Waals surface area (Å²) in [5.74, 6) is 1.05. The number of hydrogen-bond donors (Lipinski definition) is 1. The summed E-state index contributed by atoms with van der Waals surface area (Å²) in [5.41, 5.74) is 0. The SMILES string of the molecule is COc1ccc(OC)c(S(=O)(=O)NCCN(CCC(C)C)C(C)=O)c1. The summed E-state index contributed by atoms with van der Waals surface area (Å²) >= 11 is 0. The second kappa shape index (κ2) is 9.62. The standard InChI is InChI=1S/C17H28N2O5S/c1-13(2)8-10-19(14(3)20)11-9-18-25(21,22)17-12-15(23-4)6-7-16(17)24-5/h6-7,12-13,18H,8-11H2,1-5H3. The molecule has 1 amide bonds. The van der Waals surface area contributed by atoms with Crippen LogP contribution in [-0.2, 0) is 14.8 Å². The molecule has 0 heterocycles. The highest BCUT2D eigenvalue weighted by atomic mass is 32.2. The van der Waals surface area contributed by atoms with Crippen molar-refractivity contribution in [3.8, 4) is 11.5 Å². The second-order valence-corrected chi connectivity index (χ2v) is 7.84. The smallest absolute Gasteiger partial charge is 0.244 e. The number of sulfonamides is 1. The van der Waals surface area contributed by atoms with Gasteiger partial charge < -0.3 is 14.4 Å². The maximum atomic E-state index is 12.5. The topological polar surface area (TPSA) is 84.9 Å². The highest BCUT2D eigenvalue weighted by Gasteiger charge is 2.21. The first-order valence-corrected chi connectivity index (χ1v) is 9.66. The normalized spacial score (nSPS) is 11.4. The first kappa shape index (κ1) is 21.2. The third-order valence-corrected chi connectivity index (χ3v) is 5.24. The van der Waals surface area contributed by atoms with Crippen LogP contribution < -0.4 is 14.2 Å². The molecule has 0 aliphatic rings. The molecule has 0 saturated carbocycles. The quantitative estimate of drug-likeness (QED) is 0.678. The Morgan fingerprint density at radius 3 is 2.40 bits per heavy atom. The Hall–Kier alpha value is -1.80. The highest BCUT2D eigenvalue weighted by molar-refractivity contribution is 7.89. The van der Waals surface area contributed by atoms with Crippen LogP contribution in [0.25, 0.3) is 0 Å². The van der Waals surface area contributed by atoms with Gasteiger partial charge in [-0.15, -0.1) is 0 Å². The molecule has 0 radical (unpaired) electrons. The zero-order chi connectivity index (χ0) is 19.0. The summed E-state index contributed by atoms with van der Waals surface area (Å²) < 4.78 is 37.8. The number of ether oxygens (including phenoxy) is 2. The van der Waals surface area contributed by atoms with Crippen LogP contribution in [0.1, 0.15) is 27.2 Å². The van der Waals surface area contributed by atoms with Gasteiger partial charge in [0.1, 0.15) is 16.4 Å². The van der Waals surface area contributed by atoms with Crippen LogP contribution in [0, 0.1) is 5.92 Å². The number of hydrogen-bond acceptors (Lipinski definition) is 5. The first-order valence-electron chi connectivity index (χ1n) is 8.18. The molecule has 142 valence electrons. The number of methoxy groups -OCH3 is 2. The lowest BCUT2D eigenvalue weighted by molar-refractivity contribution is -0.128. The van der Waals surface area contributed by atoms with Crippen LogP contribution in [0.3, 0.4) is 0 Å². The molecule has 0 aliphatic heterocycles. The number of nitrogens with one attached hydrogen (secondary N) is 1. The van der Waals surface area contributed by atoms with Crippen molar-refractivity contribution in [2.75, 3.05) is 33.9 Å². The zero-order valence-corrected chi connectivity index (χ0v) is 16.4. The third-order valence-electron chi connectivity index (χ3n) is 3.76. The largest absolute Gasteiger partial charge is 0.497 e. The van der Waals surface area contributed by atoms with Gasteiger partial charge in [-0.3, -0.25) is 4.79 Å². The molecule has 7 nitrogen and oxygen atoms in total. The molecule has 1 rings (SSSR count). The zero-order valence-electron chi connectivity index (χ0n) is 15.5. The van der Waals surface area contributed by atoms with Crippen molar-refractivity contribution in [1.29, 1.82) is 0 Å². The lowest BCUT2D eigenvalue weighted by Gasteiger charge is -2.22. The average molecular weight is 372 g/mol. The Bertz CT molecular complexity index is 674. The molecule has 0 aromatic heterocycles. The van der Waals surface area contributed by atoms with Gasteiger partial charge in [-0.05, 0) is 24.5 Å². The van der Waals surface area contributed by atoms with E-state index >= 15 is 0 Å². The molecule has 0 spiro atoms. The number of rotatable bonds is 10. The molecule has 25 heavy (non-hydrogen) atoms. The van der Waals surface area contributed by atoms with Crippen molar-refractivity contribution in [2.24, 2.45) is 5.92 Å². The van der Waals surface area contributed by atoms with E-state index in [0.29, 0.717) is 24.8 Å². The van der Waals surface area contributed by atoms with Crippen LogP contribution in [-0.4, -0.2) is 53.1 Å². The van der Waals surface area contributed by atoms with Gasteiger partial charge in [-0.2, -0.15) is 0 Å². The molecule has 1 aromatic carbocycles. The molecule has 0 saturated heterocycles. The van der Waals surface area contributed by atoms with Gasteiger partial charge in [-0.25, -0.2) is 13.1 Å².